The van der Waals surface area contributed by atoms with Gasteiger partial charge in [-0.2, -0.15) is 0 Å². The lowest BCUT2D eigenvalue weighted by atomic mass is 10.1. The molecule has 0 aromatic carbocycles. The first-order valence-corrected chi connectivity index (χ1v) is 7.86. The second-order valence-electron chi connectivity index (χ2n) is 5.97. The highest BCUT2D eigenvalue weighted by Crippen LogP contribution is 2.33. The molecule has 0 spiro atoms. The normalized spacial score (nSPS) is 25.2. The SMILES string of the molecule is CCCNC(CN1CCCCCCC1)C1CC1. The minimum atomic E-state index is 0.786. The predicted molar refractivity (Wildman–Crippen MR) is 74.3 cm³/mol. The molecule has 17 heavy (non-hydrogen) atoms. The van der Waals surface area contributed by atoms with Crippen LogP contribution in [0.15, 0.2) is 0 Å². The van der Waals surface area contributed by atoms with E-state index in [9.17, 15) is 0 Å². The van der Waals surface area contributed by atoms with Gasteiger partial charge in [0, 0.05) is 12.6 Å². The first kappa shape index (κ1) is 13.4. The van der Waals surface area contributed by atoms with Crippen molar-refractivity contribution in [3.8, 4) is 0 Å². The smallest absolute Gasteiger partial charge is 0.0223 e. The lowest BCUT2D eigenvalue weighted by molar-refractivity contribution is 0.212. The Labute approximate surface area is 107 Å². The average molecular weight is 238 g/mol. The molecule has 0 amide bonds. The van der Waals surface area contributed by atoms with Crippen molar-refractivity contribution in [3.05, 3.63) is 0 Å². The molecule has 0 bridgehead atoms. The molecule has 1 unspecified atom stereocenters. The van der Waals surface area contributed by atoms with E-state index < -0.39 is 0 Å². The van der Waals surface area contributed by atoms with Crippen LogP contribution in [0.2, 0.25) is 0 Å². The highest BCUT2D eigenvalue weighted by molar-refractivity contribution is 4.88. The van der Waals surface area contributed by atoms with E-state index in [1.165, 1.54) is 77.5 Å². The molecule has 1 aliphatic carbocycles. The third-order valence-corrected chi connectivity index (χ3v) is 4.25. The van der Waals surface area contributed by atoms with Crippen LogP contribution in [0.3, 0.4) is 0 Å². The van der Waals surface area contributed by atoms with Gasteiger partial charge in [0.05, 0.1) is 0 Å². The Morgan fingerprint density at radius 1 is 1.06 bits per heavy atom. The van der Waals surface area contributed by atoms with Crippen molar-refractivity contribution >= 4 is 0 Å². The zero-order chi connectivity index (χ0) is 11.9. The first-order valence-electron chi connectivity index (χ1n) is 7.86. The van der Waals surface area contributed by atoms with Gasteiger partial charge in [0.15, 0.2) is 0 Å². The Bertz CT molecular complexity index is 193. The molecule has 0 aromatic heterocycles. The number of nitrogens with one attached hydrogen (secondary N) is 1. The second-order valence-corrected chi connectivity index (χ2v) is 5.97. The molecular weight excluding hydrogens is 208 g/mol. The molecule has 2 rings (SSSR count). The average Bonchev–Trinajstić information content (AvgIpc) is 3.10. The minimum Gasteiger partial charge on any atom is -0.312 e. The highest BCUT2D eigenvalue weighted by Gasteiger charge is 2.31. The van der Waals surface area contributed by atoms with E-state index in [1.54, 1.807) is 0 Å². The molecule has 0 aromatic rings. The van der Waals surface area contributed by atoms with Crippen LogP contribution in [0.5, 0.6) is 0 Å². The summed E-state index contributed by atoms with van der Waals surface area (Å²) in [5.74, 6) is 0.993. The van der Waals surface area contributed by atoms with Crippen LogP contribution in [-0.4, -0.2) is 37.1 Å². The quantitative estimate of drug-likeness (QED) is 0.765. The van der Waals surface area contributed by atoms with Gasteiger partial charge in [0.2, 0.25) is 0 Å². The Balaban J connectivity index is 1.74. The van der Waals surface area contributed by atoms with E-state index in [1.807, 2.05) is 0 Å². The minimum absolute atomic E-state index is 0.786. The van der Waals surface area contributed by atoms with Crippen LogP contribution in [0, 0.1) is 5.92 Å². The Kier molecular flexibility index (Phi) is 5.79. The van der Waals surface area contributed by atoms with Gasteiger partial charge in [0.25, 0.3) is 0 Å². The Morgan fingerprint density at radius 3 is 2.29 bits per heavy atom. The summed E-state index contributed by atoms with van der Waals surface area (Å²) in [4.78, 5) is 2.73. The van der Waals surface area contributed by atoms with E-state index in [0.717, 1.165) is 12.0 Å². The standard InChI is InChI=1S/C15H30N2/c1-2-10-16-15(14-8-9-14)13-17-11-6-4-3-5-7-12-17/h14-16H,2-13H2,1H3. The first-order chi connectivity index (χ1) is 8.40. The topological polar surface area (TPSA) is 15.3 Å². The van der Waals surface area contributed by atoms with E-state index >= 15 is 0 Å². The third kappa shape index (κ3) is 4.97. The number of likely N-dealkylation sites (tertiary alicyclic amines) is 1. The second kappa shape index (κ2) is 7.38. The lowest BCUT2D eigenvalue weighted by Gasteiger charge is -2.29. The number of hydrogen-bond acceptors (Lipinski definition) is 2. The lowest BCUT2D eigenvalue weighted by Crippen LogP contribution is -2.43. The molecule has 2 aliphatic rings. The molecule has 2 fully saturated rings. The molecule has 1 saturated heterocycles. The maximum atomic E-state index is 3.77. The van der Waals surface area contributed by atoms with Gasteiger partial charge in [0.1, 0.15) is 0 Å². The number of hydrogen-bond donors (Lipinski definition) is 1. The number of nitrogens with zero attached hydrogens (tertiary/aromatic N) is 1. The summed E-state index contributed by atoms with van der Waals surface area (Å²) < 4.78 is 0. The van der Waals surface area contributed by atoms with Crippen LogP contribution in [-0.2, 0) is 0 Å². The van der Waals surface area contributed by atoms with Gasteiger partial charge in [-0.1, -0.05) is 26.2 Å². The molecule has 1 saturated carbocycles. The van der Waals surface area contributed by atoms with Crippen molar-refractivity contribution in [1.82, 2.24) is 10.2 Å². The van der Waals surface area contributed by atoms with Crippen LogP contribution in [0.4, 0.5) is 0 Å². The summed E-state index contributed by atoms with van der Waals surface area (Å²) in [6.07, 6.45) is 11.4. The monoisotopic (exact) mass is 238 g/mol. The molecule has 100 valence electrons. The van der Waals surface area contributed by atoms with Crippen LogP contribution < -0.4 is 5.32 Å². The van der Waals surface area contributed by atoms with Crippen LogP contribution in [0.25, 0.3) is 0 Å². The van der Waals surface area contributed by atoms with E-state index in [0.29, 0.717) is 0 Å². The van der Waals surface area contributed by atoms with Gasteiger partial charge >= 0.3 is 0 Å². The zero-order valence-electron chi connectivity index (χ0n) is 11.6. The van der Waals surface area contributed by atoms with Crippen molar-refractivity contribution in [2.45, 2.75) is 64.3 Å². The highest BCUT2D eigenvalue weighted by atomic mass is 15.1. The number of rotatable bonds is 6. The molecule has 1 heterocycles. The Morgan fingerprint density at radius 2 is 1.71 bits per heavy atom. The summed E-state index contributed by atoms with van der Waals surface area (Å²) in [6.45, 7) is 7.47. The van der Waals surface area contributed by atoms with Crippen molar-refractivity contribution in [1.29, 1.82) is 0 Å². The van der Waals surface area contributed by atoms with Crippen molar-refractivity contribution in [2.24, 2.45) is 5.92 Å². The fraction of sp³-hybridized carbons (Fsp3) is 1.00. The van der Waals surface area contributed by atoms with E-state index in [-0.39, 0.29) is 0 Å². The third-order valence-electron chi connectivity index (χ3n) is 4.25. The summed E-state index contributed by atoms with van der Waals surface area (Å²) in [7, 11) is 0. The fourth-order valence-electron chi connectivity index (χ4n) is 2.98. The van der Waals surface area contributed by atoms with Gasteiger partial charge < -0.3 is 10.2 Å². The molecule has 1 atom stereocenters. The fourth-order valence-corrected chi connectivity index (χ4v) is 2.98. The maximum absolute atomic E-state index is 3.77. The molecule has 2 heteroatoms. The van der Waals surface area contributed by atoms with E-state index in [2.05, 4.69) is 17.1 Å². The van der Waals surface area contributed by atoms with Gasteiger partial charge in [-0.3, -0.25) is 0 Å². The van der Waals surface area contributed by atoms with Crippen molar-refractivity contribution < 1.29 is 0 Å². The van der Waals surface area contributed by atoms with Gasteiger partial charge in [-0.25, -0.2) is 0 Å². The summed E-state index contributed by atoms with van der Waals surface area (Å²) in [5, 5.41) is 3.77. The summed E-state index contributed by atoms with van der Waals surface area (Å²) >= 11 is 0. The molecule has 2 nitrogen and oxygen atoms in total. The molecule has 1 N–H and O–H groups in total. The zero-order valence-corrected chi connectivity index (χ0v) is 11.6. The summed E-state index contributed by atoms with van der Waals surface area (Å²) in [5.41, 5.74) is 0. The Hall–Kier alpha value is -0.0800. The van der Waals surface area contributed by atoms with E-state index in [4.69, 9.17) is 0 Å². The van der Waals surface area contributed by atoms with Gasteiger partial charge in [-0.05, 0) is 57.7 Å². The predicted octanol–water partition coefficient (Wildman–Crippen LogP) is 3.03. The van der Waals surface area contributed by atoms with Crippen molar-refractivity contribution in [3.63, 3.8) is 0 Å². The van der Waals surface area contributed by atoms with Crippen LogP contribution >= 0.6 is 0 Å². The summed E-state index contributed by atoms with van der Waals surface area (Å²) in [6, 6.07) is 0.786. The maximum Gasteiger partial charge on any atom is 0.0223 e. The largest absolute Gasteiger partial charge is 0.312 e. The molecular formula is C15H30N2. The van der Waals surface area contributed by atoms with Crippen molar-refractivity contribution in [2.75, 3.05) is 26.2 Å². The molecule has 0 radical (unpaired) electrons. The van der Waals surface area contributed by atoms with Crippen LogP contribution in [0.1, 0.15) is 58.3 Å². The molecule has 1 aliphatic heterocycles. The van der Waals surface area contributed by atoms with Gasteiger partial charge in [-0.15, -0.1) is 0 Å².